The lowest BCUT2D eigenvalue weighted by Crippen LogP contribution is -2.11. The van der Waals surface area contributed by atoms with Crippen molar-refractivity contribution in [1.82, 2.24) is 5.16 Å². The van der Waals surface area contributed by atoms with E-state index in [0.29, 0.717) is 11.4 Å². The second-order valence-corrected chi connectivity index (χ2v) is 2.89. The highest BCUT2D eigenvalue weighted by molar-refractivity contribution is 6.03. The smallest absolute Gasteiger partial charge is 0.256 e. The van der Waals surface area contributed by atoms with Crippen LogP contribution in [0.3, 0.4) is 0 Å². The molecule has 0 spiro atoms. The predicted octanol–water partition coefficient (Wildman–Crippen LogP) is 1.63. The summed E-state index contributed by atoms with van der Waals surface area (Å²) in [5.41, 5.74) is 0.441. The molecule has 5 nitrogen and oxygen atoms in total. The van der Waals surface area contributed by atoms with E-state index in [4.69, 9.17) is 5.11 Å². The molecule has 0 unspecified atom stereocenters. The molecule has 1 heterocycles. The molecule has 76 valence electrons. The standard InChI is InChI=1S/C10H8N2O3/c13-8-3-1-7(2-4-8)10(14)11-9-5-6-15-12-9/h1-6,13H,(H,11,12,14). The Labute approximate surface area is 85.3 Å². The summed E-state index contributed by atoms with van der Waals surface area (Å²) in [6, 6.07) is 7.46. The number of aromatic nitrogens is 1. The lowest BCUT2D eigenvalue weighted by Gasteiger charge is -2.00. The van der Waals surface area contributed by atoms with Crippen LogP contribution in [0.1, 0.15) is 10.4 Å². The quantitative estimate of drug-likeness (QED) is 0.779. The van der Waals surface area contributed by atoms with Crippen molar-refractivity contribution in [3.63, 3.8) is 0 Å². The van der Waals surface area contributed by atoms with Crippen LogP contribution in [0.15, 0.2) is 41.1 Å². The van der Waals surface area contributed by atoms with Crippen molar-refractivity contribution in [2.45, 2.75) is 0 Å². The summed E-state index contributed by atoms with van der Waals surface area (Å²) in [7, 11) is 0. The summed E-state index contributed by atoms with van der Waals surface area (Å²) in [5.74, 6) is 0.171. The molecule has 2 rings (SSSR count). The number of amides is 1. The second-order valence-electron chi connectivity index (χ2n) is 2.89. The average Bonchev–Trinajstić information content (AvgIpc) is 2.71. The van der Waals surface area contributed by atoms with E-state index in [1.54, 1.807) is 0 Å². The van der Waals surface area contributed by atoms with Crippen LogP contribution in [-0.2, 0) is 0 Å². The number of carbonyl (C=O) groups is 1. The fraction of sp³-hybridized carbons (Fsp3) is 0. The van der Waals surface area contributed by atoms with Crippen LogP contribution in [-0.4, -0.2) is 16.2 Å². The largest absolute Gasteiger partial charge is 0.508 e. The molecule has 0 saturated carbocycles. The van der Waals surface area contributed by atoms with Crippen molar-refractivity contribution < 1.29 is 14.4 Å². The van der Waals surface area contributed by atoms with Gasteiger partial charge in [-0.2, -0.15) is 0 Å². The van der Waals surface area contributed by atoms with E-state index >= 15 is 0 Å². The molecule has 0 radical (unpaired) electrons. The number of nitrogens with zero attached hydrogens (tertiary/aromatic N) is 1. The molecule has 1 aromatic heterocycles. The zero-order chi connectivity index (χ0) is 10.7. The van der Waals surface area contributed by atoms with E-state index in [0.717, 1.165) is 0 Å². The van der Waals surface area contributed by atoms with E-state index in [1.807, 2.05) is 0 Å². The monoisotopic (exact) mass is 204 g/mol. The first-order valence-electron chi connectivity index (χ1n) is 4.26. The molecule has 0 fully saturated rings. The summed E-state index contributed by atoms with van der Waals surface area (Å²) in [5, 5.41) is 15.1. The van der Waals surface area contributed by atoms with Crippen molar-refractivity contribution in [2.75, 3.05) is 5.32 Å². The zero-order valence-corrected chi connectivity index (χ0v) is 7.68. The van der Waals surface area contributed by atoms with Gasteiger partial charge in [-0.25, -0.2) is 0 Å². The third-order valence-electron chi connectivity index (χ3n) is 1.81. The highest BCUT2D eigenvalue weighted by Gasteiger charge is 2.06. The molecule has 0 bridgehead atoms. The Kier molecular flexibility index (Phi) is 2.37. The van der Waals surface area contributed by atoms with E-state index in [-0.39, 0.29) is 11.7 Å². The van der Waals surface area contributed by atoms with Gasteiger partial charge in [0.15, 0.2) is 5.82 Å². The van der Waals surface area contributed by atoms with Crippen LogP contribution in [0.2, 0.25) is 0 Å². The Morgan fingerprint density at radius 1 is 1.27 bits per heavy atom. The number of carbonyl (C=O) groups excluding carboxylic acids is 1. The number of benzene rings is 1. The van der Waals surface area contributed by atoms with Gasteiger partial charge >= 0.3 is 0 Å². The van der Waals surface area contributed by atoms with Gasteiger partial charge in [0.1, 0.15) is 12.0 Å². The number of phenolic OH excluding ortho intramolecular Hbond substituents is 1. The van der Waals surface area contributed by atoms with Gasteiger partial charge in [-0.1, -0.05) is 5.16 Å². The van der Waals surface area contributed by atoms with Crippen molar-refractivity contribution in [2.24, 2.45) is 0 Å². The van der Waals surface area contributed by atoms with Crippen molar-refractivity contribution >= 4 is 11.7 Å². The van der Waals surface area contributed by atoms with Crippen LogP contribution in [0.5, 0.6) is 5.75 Å². The third kappa shape index (κ3) is 2.14. The first-order valence-corrected chi connectivity index (χ1v) is 4.26. The predicted molar refractivity (Wildman–Crippen MR) is 52.6 cm³/mol. The number of phenols is 1. The second kappa shape index (κ2) is 3.83. The Bertz CT molecular complexity index is 448. The van der Waals surface area contributed by atoms with Gasteiger partial charge < -0.3 is 14.9 Å². The molecule has 0 aliphatic rings. The minimum absolute atomic E-state index is 0.119. The van der Waals surface area contributed by atoms with Crippen LogP contribution < -0.4 is 5.32 Å². The van der Waals surface area contributed by atoms with Crippen LogP contribution in [0, 0.1) is 0 Å². The molecule has 0 aliphatic heterocycles. The Morgan fingerprint density at radius 2 is 2.00 bits per heavy atom. The number of nitrogens with one attached hydrogen (secondary N) is 1. The van der Waals surface area contributed by atoms with Gasteiger partial charge in [-0.05, 0) is 24.3 Å². The number of hydrogen-bond donors (Lipinski definition) is 2. The summed E-state index contributed by atoms with van der Waals surface area (Å²) < 4.78 is 4.57. The molecule has 0 saturated heterocycles. The van der Waals surface area contributed by atoms with Crippen molar-refractivity contribution in [3.05, 3.63) is 42.2 Å². The molecule has 1 aromatic carbocycles. The number of aromatic hydroxyl groups is 1. The maximum atomic E-state index is 11.5. The first kappa shape index (κ1) is 9.26. The molecule has 0 aliphatic carbocycles. The van der Waals surface area contributed by atoms with Gasteiger partial charge in [0.25, 0.3) is 5.91 Å². The summed E-state index contributed by atoms with van der Waals surface area (Å²) in [4.78, 5) is 11.5. The summed E-state index contributed by atoms with van der Waals surface area (Å²) in [6.45, 7) is 0. The molecule has 5 heteroatoms. The highest BCUT2D eigenvalue weighted by atomic mass is 16.5. The minimum Gasteiger partial charge on any atom is -0.508 e. The molecule has 15 heavy (non-hydrogen) atoms. The van der Waals surface area contributed by atoms with Gasteiger partial charge in [-0.15, -0.1) is 0 Å². The number of hydrogen-bond acceptors (Lipinski definition) is 4. The van der Waals surface area contributed by atoms with E-state index in [1.165, 1.54) is 36.6 Å². The molecule has 0 atom stereocenters. The van der Waals surface area contributed by atoms with Crippen LogP contribution in [0.4, 0.5) is 5.82 Å². The lowest BCUT2D eigenvalue weighted by molar-refractivity contribution is 0.102. The number of rotatable bonds is 2. The Morgan fingerprint density at radius 3 is 2.60 bits per heavy atom. The van der Waals surface area contributed by atoms with Crippen molar-refractivity contribution in [1.29, 1.82) is 0 Å². The van der Waals surface area contributed by atoms with Crippen LogP contribution >= 0.6 is 0 Å². The van der Waals surface area contributed by atoms with E-state index in [9.17, 15) is 4.79 Å². The van der Waals surface area contributed by atoms with Crippen molar-refractivity contribution in [3.8, 4) is 5.75 Å². The van der Waals surface area contributed by atoms with Crippen LogP contribution in [0.25, 0.3) is 0 Å². The van der Waals surface area contributed by atoms with Gasteiger partial charge in [0.2, 0.25) is 0 Å². The molecule has 2 aromatic rings. The molecular formula is C10H8N2O3. The highest BCUT2D eigenvalue weighted by Crippen LogP contribution is 2.11. The van der Waals surface area contributed by atoms with E-state index in [2.05, 4.69) is 15.0 Å². The maximum absolute atomic E-state index is 11.5. The van der Waals surface area contributed by atoms with Gasteiger partial charge in [-0.3, -0.25) is 4.79 Å². The average molecular weight is 204 g/mol. The maximum Gasteiger partial charge on any atom is 0.256 e. The normalized spacial score (nSPS) is 9.87. The minimum atomic E-state index is -0.302. The lowest BCUT2D eigenvalue weighted by atomic mass is 10.2. The molecule has 2 N–H and O–H groups in total. The number of anilines is 1. The SMILES string of the molecule is O=C(Nc1ccon1)c1ccc(O)cc1. The van der Waals surface area contributed by atoms with Gasteiger partial charge in [0, 0.05) is 11.6 Å². The van der Waals surface area contributed by atoms with Gasteiger partial charge in [0.05, 0.1) is 0 Å². The summed E-state index contributed by atoms with van der Waals surface area (Å²) in [6.07, 6.45) is 1.37. The zero-order valence-electron chi connectivity index (χ0n) is 7.68. The fourth-order valence-corrected chi connectivity index (χ4v) is 1.08. The molecule has 1 amide bonds. The topological polar surface area (TPSA) is 75.4 Å². The summed E-state index contributed by atoms with van der Waals surface area (Å²) >= 11 is 0. The molecular weight excluding hydrogens is 196 g/mol. The third-order valence-corrected chi connectivity index (χ3v) is 1.81. The fourth-order valence-electron chi connectivity index (χ4n) is 1.08. The Balaban J connectivity index is 2.11. The van der Waals surface area contributed by atoms with E-state index < -0.39 is 0 Å². The Hall–Kier alpha value is -2.30. The first-order chi connectivity index (χ1) is 7.25.